The van der Waals surface area contributed by atoms with E-state index < -0.39 is 35.1 Å². The van der Waals surface area contributed by atoms with Gasteiger partial charge in [0.25, 0.3) is 11.6 Å². The number of carbonyl (C=O) groups excluding carboxylic acids is 3. The quantitative estimate of drug-likeness (QED) is 0.499. The molecular weight excluding hydrogens is 318 g/mol. The highest BCUT2D eigenvalue weighted by molar-refractivity contribution is 6.31. The molecule has 1 aromatic carbocycles. The van der Waals surface area contributed by atoms with Crippen molar-refractivity contribution in [2.24, 2.45) is 0 Å². The Hall–Kier alpha value is -2.68. The molecule has 1 saturated heterocycles. The van der Waals surface area contributed by atoms with Crippen molar-refractivity contribution >= 4 is 35.2 Å². The molecule has 1 aliphatic heterocycles. The van der Waals surface area contributed by atoms with Gasteiger partial charge in [-0.3, -0.25) is 19.8 Å². The molecule has 1 aromatic rings. The predicted molar refractivity (Wildman–Crippen MR) is 73.5 cm³/mol. The van der Waals surface area contributed by atoms with E-state index in [0.717, 1.165) is 17.0 Å². The Morgan fingerprint density at radius 3 is 2.77 bits per heavy atom. The molecule has 116 valence electrons. The van der Waals surface area contributed by atoms with E-state index >= 15 is 0 Å². The third-order valence-corrected chi connectivity index (χ3v) is 3.10. The first-order chi connectivity index (χ1) is 10.4. The highest BCUT2D eigenvalue weighted by Gasteiger charge is 2.28. The van der Waals surface area contributed by atoms with Crippen molar-refractivity contribution in [2.45, 2.75) is 0 Å². The minimum Gasteiger partial charge on any atom is -0.452 e. The summed E-state index contributed by atoms with van der Waals surface area (Å²) in [5.74, 6) is -1.75. The first kappa shape index (κ1) is 15.7. The molecule has 0 aliphatic carbocycles. The van der Waals surface area contributed by atoms with E-state index in [1.54, 1.807) is 0 Å². The van der Waals surface area contributed by atoms with Crippen molar-refractivity contribution in [1.29, 1.82) is 0 Å². The molecule has 1 fully saturated rings. The van der Waals surface area contributed by atoms with Crippen LogP contribution in [0.3, 0.4) is 0 Å². The van der Waals surface area contributed by atoms with E-state index in [0.29, 0.717) is 6.54 Å². The van der Waals surface area contributed by atoms with Gasteiger partial charge in [-0.2, -0.15) is 0 Å². The van der Waals surface area contributed by atoms with Gasteiger partial charge in [-0.15, -0.1) is 0 Å². The number of esters is 1. The van der Waals surface area contributed by atoms with Crippen LogP contribution in [0, 0.1) is 10.1 Å². The lowest BCUT2D eigenvalue weighted by molar-refractivity contribution is -0.385. The summed E-state index contributed by atoms with van der Waals surface area (Å²) in [6, 6.07) is 2.86. The summed E-state index contributed by atoms with van der Waals surface area (Å²) >= 11 is 5.63. The zero-order chi connectivity index (χ0) is 16.3. The topological polar surface area (TPSA) is 119 Å². The number of nitrogens with zero attached hydrogens (tertiary/aromatic N) is 2. The second-order valence-corrected chi connectivity index (χ2v) is 4.71. The average molecular weight is 328 g/mol. The Balaban J connectivity index is 2.05. The summed E-state index contributed by atoms with van der Waals surface area (Å²) in [5.41, 5.74) is -0.850. The van der Waals surface area contributed by atoms with Crippen molar-refractivity contribution < 1.29 is 24.0 Å². The van der Waals surface area contributed by atoms with Crippen molar-refractivity contribution in [3.8, 4) is 0 Å². The van der Waals surface area contributed by atoms with Gasteiger partial charge in [-0.1, -0.05) is 11.6 Å². The molecule has 9 nitrogen and oxygen atoms in total. The third-order valence-electron chi connectivity index (χ3n) is 2.86. The fourth-order valence-corrected chi connectivity index (χ4v) is 1.99. The van der Waals surface area contributed by atoms with E-state index in [9.17, 15) is 24.5 Å². The number of amides is 3. The van der Waals surface area contributed by atoms with Gasteiger partial charge in [0.05, 0.1) is 4.92 Å². The van der Waals surface area contributed by atoms with Gasteiger partial charge in [0.2, 0.25) is 0 Å². The molecule has 2 rings (SSSR count). The number of ether oxygens (including phenoxy) is 1. The van der Waals surface area contributed by atoms with Gasteiger partial charge < -0.3 is 10.1 Å². The van der Waals surface area contributed by atoms with Gasteiger partial charge in [-0.05, 0) is 12.1 Å². The number of urea groups is 1. The standard InChI is InChI=1S/C12H10ClN3O6/c13-7-1-2-8(9(5-7)16(20)21)11(18)22-6-10(17)15-4-3-14-12(15)19/h1-2,5H,3-4,6H2,(H,14,19). The molecule has 1 heterocycles. The Labute approximate surface area is 128 Å². The van der Waals surface area contributed by atoms with Crippen molar-refractivity contribution in [3.63, 3.8) is 0 Å². The lowest BCUT2D eigenvalue weighted by Crippen LogP contribution is -2.37. The number of imide groups is 1. The predicted octanol–water partition coefficient (Wildman–Crippen LogP) is 0.957. The Kier molecular flexibility index (Phi) is 4.56. The Morgan fingerprint density at radius 1 is 1.45 bits per heavy atom. The monoisotopic (exact) mass is 327 g/mol. The van der Waals surface area contributed by atoms with Crippen LogP contribution in [0.5, 0.6) is 0 Å². The van der Waals surface area contributed by atoms with Gasteiger partial charge in [-0.25, -0.2) is 9.59 Å². The molecule has 0 spiro atoms. The van der Waals surface area contributed by atoms with Crippen molar-refractivity contribution in [3.05, 3.63) is 38.9 Å². The molecule has 0 atom stereocenters. The summed E-state index contributed by atoms with van der Waals surface area (Å²) in [7, 11) is 0. The summed E-state index contributed by atoms with van der Waals surface area (Å²) in [5, 5.41) is 13.4. The van der Waals surface area contributed by atoms with E-state index in [1.165, 1.54) is 6.07 Å². The number of hydrogen-bond acceptors (Lipinski definition) is 6. The summed E-state index contributed by atoms with van der Waals surface area (Å²) in [4.78, 5) is 45.8. The average Bonchev–Trinajstić information content (AvgIpc) is 2.90. The van der Waals surface area contributed by atoms with E-state index in [1.807, 2.05) is 0 Å². The Morgan fingerprint density at radius 2 is 2.18 bits per heavy atom. The summed E-state index contributed by atoms with van der Waals surface area (Å²) in [6.45, 7) is -0.191. The highest BCUT2D eigenvalue weighted by Crippen LogP contribution is 2.23. The lowest BCUT2D eigenvalue weighted by Gasteiger charge is -2.12. The number of hydrogen-bond donors (Lipinski definition) is 1. The second kappa shape index (κ2) is 6.39. The molecule has 1 aliphatic rings. The van der Waals surface area contributed by atoms with Crippen LogP contribution < -0.4 is 5.32 Å². The number of rotatable bonds is 4. The van der Waals surface area contributed by atoms with Crippen LogP contribution >= 0.6 is 11.6 Å². The maximum atomic E-state index is 11.8. The molecule has 1 N–H and O–H groups in total. The normalized spacial score (nSPS) is 13.7. The van der Waals surface area contributed by atoms with Crippen LogP contribution in [0.2, 0.25) is 5.02 Å². The fourth-order valence-electron chi connectivity index (χ4n) is 1.82. The van der Waals surface area contributed by atoms with Gasteiger partial charge >= 0.3 is 12.0 Å². The van der Waals surface area contributed by atoms with Gasteiger partial charge in [0.15, 0.2) is 6.61 Å². The van der Waals surface area contributed by atoms with Crippen molar-refractivity contribution in [2.75, 3.05) is 19.7 Å². The van der Waals surface area contributed by atoms with Crippen LogP contribution in [0.4, 0.5) is 10.5 Å². The number of benzene rings is 1. The number of nitro benzene ring substituents is 1. The minimum absolute atomic E-state index is 0.0908. The number of carbonyl (C=O) groups is 3. The molecule has 22 heavy (non-hydrogen) atoms. The molecule has 0 radical (unpaired) electrons. The smallest absolute Gasteiger partial charge is 0.345 e. The minimum atomic E-state index is -1.05. The van der Waals surface area contributed by atoms with Crippen LogP contribution in [0.1, 0.15) is 10.4 Å². The van der Waals surface area contributed by atoms with Gasteiger partial charge in [0, 0.05) is 24.2 Å². The highest BCUT2D eigenvalue weighted by atomic mass is 35.5. The first-order valence-electron chi connectivity index (χ1n) is 6.09. The molecule has 10 heteroatoms. The molecule has 0 unspecified atom stereocenters. The maximum absolute atomic E-state index is 11.8. The fraction of sp³-hybridized carbons (Fsp3) is 0.250. The van der Waals surface area contributed by atoms with E-state index in [-0.39, 0.29) is 17.1 Å². The zero-order valence-corrected chi connectivity index (χ0v) is 11.8. The first-order valence-corrected chi connectivity index (χ1v) is 6.47. The van der Waals surface area contributed by atoms with Crippen LogP contribution in [-0.4, -0.2) is 47.4 Å². The summed E-state index contributed by atoms with van der Waals surface area (Å²) < 4.78 is 4.72. The van der Waals surface area contributed by atoms with Crippen LogP contribution in [0.15, 0.2) is 18.2 Å². The molecule has 0 bridgehead atoms. The second-order valence-electron chi connectivity index (χ2n) is 4.27. The van der Waals surface area contributed by atoms with Crippen LogP contribution in [-0.2, 0) is 9.53 Å². The maximum Gasteiger partial charge on any atom is 0.345 e. The number of nitro groups is 1. The van der Waals surface area contributed by atoms with Crippen molar-refractivity contribution in [1.82, 2.24) is 10.2 Å². The molecular formula is C12H10ClN3O6. The molecule has 3 amide bonds. The number of nitrogens with one attached hydrogen (secondary N) is 1. The zero-order valence-electron chi connectivity index (χ0n) is 11.1. The largest absolute Gasteiger partial charge is 0.452 e. The SMILES string of the molecule is O=C(OCC(=O)N1CCNC1=O)c1ccc(Cl)cc1[N+](=O)[O-]. The third kappa shape index (κ3) is 3.31. The summed E-state index contributed by atoms with van der Waals surface area (Å²) in [6.07, 6.45) is 0. The van der Waals surface area contributed by atoms with Gasteiger partial charge in [0.1, 0.15) is 5.56 Å². The van der Waals surface area contributed by atoms with Crippen LogP contribution in [0.25, 0.3) is 0 Å². The van der Waals surface area contributed by atoms with E-state index in [4.69, 9.17) is 16.3 Å². The number of halogens is 1. The lowest BCUT2D eigenvalue weighted by atomic mass is 10.2. The Bertz CT molecular complexity index is 662. The molecule has 0 saturated carbocycles. The molecule has 0 aromatic heterocycles. The van der Waals surface area contributed by atoms with E-state index in [2.05, 4.69) is 5.32 Å².